The van der Waals surface area contributed by atoms with Gasteiger partial charge >= 0.3 is 5.97 Å². The third-order valence-corrected chi connectivity index (χ3v) is 6.82. The maximum absolute atomic E-state index is 15.8. The summed E-state index contributed by atoms with van der Waals surface area (Å²) >= 11 is 6.02. The molecule has 3 atom stereocenters. The van der Waals surface area contributed by atoms with E-state index in [1.807, 2.05) is 0 Å². The lowest BCUT2D eigenvalue weighted by Crippen LogP contribution is -2.35. The highest BCUT2D eigenvalue weighted by molar-refractivity contribution is 6.30. The van der Waals surface area contributed by atoms with Gasteiger partial charge in [-0.2, -0.15) is 5.10 Å². The number of aromatic nitrogens is 2. The van der Waals surface area contributed by atoms with E-state index in [1.165, 1.54) is 18.1 Å². The summed E-state index contributed by atoms with van der Waals surface area (Å²) < 4.78 is 23.0. The van der Waals surface area contributed by atoms with Crippen LogP contribution < -0.4 is 0 Å². The second-order valence-electron chi connectivity index (χ2n) is 8.92. The standard InChI is InChI=1S/C27H31ClFN3O5/c1-5-27(36,23-12-13-31(3)30-23)19-14-17(2)25(21(29)15-19)26(37-4)32(16-33)22(10-11-24(34)35)18-6-8-20(28)9-7-18/h6-9,12-16,22,26,36H,5,10-11H2,1-4H3,(H,34,35). The number of carbonyl (C=O) groups is 2. The first-order chi connectivity index (χ1) is 17.5. The Hall–Kier alpha value is -3.27. The summed E-state index contributed by atoms with van der Waals surface area (Å²) in [4.78, 5) is 25.0. The highest BCUT2D eigenvalue weighted by atomic mass is 35.5. The van der Waals surface area contributed by atoms with Gasteiger partial charge in [-0.25, -0.2) is 4.39 Å². The molecule has 1 amide bonds. The van der Waals surface area contributed by atoms with Crippen LogP contribution >= 0.6 is 11.6 Å². The molecule has 0 saturated carbocycles. The third-order valence-electron chi connectivity index (χ3n) is 6.57. The predicted octanol–water partition coefficient (Wildman–Crippen LogP) is 4.88. The van der Waals surface area contributed by atoms with Crippen LogP contribution in [0.4, 0.5) is 4.39 Å². The molecule has 2 N–H and O–H groups in total. The van der Waals surface area contributed by atoms with Crippen molar-refractivity contribution in [3.05, 3.63) is 87.4 Å². The molecule has 1 aromatic heterocycles. The van der Waals surface area contributed by atoms with E-state index < -0.39 is 29.7 Å². The van der Waals surface area contributed by atoms with Crippen molar-refractivity contribution in [2.75, 3.05) is 7.11 Å². The zero-order chi connectivity index (χ0) is 27.3. The van der Waals surface area contributed by atoms with E-state index in [0.29, 0.717) is 33.8 Å². The molecule has 0 radical (unpaired) electrons. The summed E-state index contributed by atoms with van der Waals surface area (Å²) in [6.07, 6.45) is 1.17. The van der Waals surface area contributed by atoms with Crippen LogP contribution in [0.1, 0.15) is 66.4 Å². The minimum atomic E-state index is -1.52. The summed E-state index contributed by atoms with van der Waals surface area (Å²) in [6, 6.07) is 10.5. The van der Waals surface area contributed by atoms with Gasteiger partial charge in [0.05, 0.1) is 11.7 Å². The van der Waals surface area contributed by atoms with Crippen LogP contribution in [0.3, 0.4) is 0 Å². The monoisotopic (exact) mass is 531 g/mol. The van der Waals surface area contributed by atoms with Crippen molar-refractivity contribution in [3.63, 3.8) is 0 Å². The number of aliphatic carboxylic acids is 1. The Morgan fingerprint density at radius 3 is 2.46 bits per heavy atom. The molecule has 0 fully saturated rings. The maximum Gasteiger partial charge on any atom is 0.303 e. The summed E-state index contributed by atoms with van der Waals surface area (Å²) in [6.45, 7) is 3.45. The number of hydrogen-bond donors (Lipinski definition) is 2. The molecule has 37 heavy (non-hydrogen) atoms. The summed E-state index contributed by atoms with van der Waals surface area (Å²) in [5.41, 5.74) is 0.367. The number of amides is 1. The van der Waals surface area contributed by atoms with Crippen molar-refractivity contribution in [3.8, 4) is 0 Å². The third kappa shape index (κ3) is 6.01. The SMILES string of the molecule is CCC(O)(c1cc(C)c(C(OC)N(C=O)C(CCC(=O)O)c2ccc(Cl)cc2)c(F)c1)c1ccn(C)n1. The van der Waals surface area contributed by atoms with Crippen molar-refractivity contribution in [2.24, 2.45) is 7.05 Å². The molecule has 0 spiro atoms. The molecule has 0 aliphatic heterocycles. The molecule has 10 heteroatoms. The van der Waals surface area contributed by atoms with E-state index in [2.05, 4.69) is 5.10 Å². The van der Waals surface area contributed by atoms with Crippen LogP contribution in [0.15, 0.2) is 48.7 Å². The van der Waals surface area contributed by atoms with E-state index in [1.54, 1.807) is 68.2 Å². The van der Waals surface area contributed by atoms with Gasteiger partial charge in [-0.05, 0) is 60.7 Å². The lowest BCUT2D eigenvalue weighted by atomic mass is 9.85. The molecule has 8 nitrogen and oxygen atoms in total. The average molecular weight is 532 g/mol. The number of carbonyl (C=O) groups excluding carboxylic acids is 1. The van der Waals surface area contributed by atoms with E-state index in [-0.39, 0.29) is 24.8 Å². The van der Waals surface area contributed by atoms with Gasteiger partial charge in [-0.1, -0.05) is 36.7 Å². The molecule has 3 aromatic rings. The van der Waals surface area contributed by atoms with E-state index in [0.717, 1.165) is 0 Å². The highest BCUT2D eigenvalue weighted by Crippen LogP contribution is 2.39. The molecule has 2 aromatic carbocycles. The van der Waals surface area contributed by atoms with Crippen LogP contribution in [0.5, 0.6) is 0 Å². The van der Waals surface area contributed by atoms with Crippen molar-refractivity contribution >= 4 is 24.0 Å². The van der Waals surface area contributed by atoms with Crippen LogP contribution in [0.2, 0.25) is 5.02 Å². The van der Waals surface area contributed by atoms with Gasteiger partial charge in [0.2, 0.25) is 6.41 Å². The number of ether oxygens (including phenoxy) is 1. The number of benzene rings is 2. The quantitative estimate of drug-likeness (QED) is 0.255. The number of hydrogen-bond acceptors (Lipinski definition) is 5. The summed E-state index contributed by atoms with van der Waals surface area (Å²) in [5, 5.41) is 25.5. The zero-order valence-electron chi connectivity index (χ0n) is 21.2. The molecular formula is C27H31ClFN3O5. The maximum atomic E-state index is 15.8. The van der Waals surface area contributed by atoms with Gasteiger partial charge in [0.1, 0.15) is 11.4 Å². The molecule has 3 unspecified atom stereocenters. The Morgan fingerprint density at radius 2 is 1.97 bits per heavy atom. The molecule has 3 rings (SSSR count). The first-order valence-electron chi connectivity index (χ1n) is 11.8. The molecule has 0 aliphatic carbocycles. The highest BCUT2D eigenvalue weighted by Gasteiger charge is 2.36. The molecule has 198 valence electrons. The number of halogens is 2. The second kappa shape index (κ2) is 11.9. The largest absolute Gasteiger partial charge is 0.481 e. The number of aliphatic hydroxyl groups is 1. The lowest BCUT2D eigenvalue weighted by Gasteiger charge is -2.36. The number of aryl methyl sites for hydroxylation is 2. The van der Waals surface area contributed by atoms with Crippen LogP contribution in [0.25, 0.3) is 0 Å². The Kier molecular flexibility index (Phi) is 9.07. The van der Waals surface area contributed by atoms with Crippen molar-refractivity contribution < 1.29 is 28.9 Å². The molecule has 1 heterocycles. The number of methoxy groups -OCH3 is 1. The van der Waals surface area contributed by atoms with Crippen LogP contribution in [-0.2, 0) is 27.0 Å². The Balaban J connectivity index is 2.08. The normalized spacial score (nSPS) is 14.6. The lowest BCUT2D eigenvalue weighted by molar-refractivity contribution is -0.141. The fourth-order valence-electron chi connectivity index (χ4n) is 4.59. The molecule has 0 saturated heterocycles. The van der Waals surface area contributed by atoms with Gasteiger partial charge in [-0.15, -0.1) is 0 Å². The molecule has 0 aliphatic rings. The number of nitrogens with zero attached hydrogens (tertiary/aromatic N) is 3. The van der Waals surface area contributed by atoms with Gasteiger partial charge in [0.25, 0.3) is 0 Å². The van der Waals surface area contributed by atoms with Crippen LogP contribution in [0, 0.1) is 12.7 Å². The smallest absolute Gasteiger partial charge is 0.303 e. The first-order valence-corrected chi connectivity index (χ1v) is 12.2. The molecule has 0 bridgehead atoms. The van der Waals surface area contributed by atoms with Gasteiger partial charge in [0, 0.05) is 37.4 Å². The van der Waals surface area contributed by atoms with Crippen LogP contribution in [-0.4, -0.2) is 44.4 Å². The van der Waals surface area contributed by atoms with Gasteiger partial charge in [-0.3, -0.25) is 14.3 Å². The minimum absolute atomic E-state index is 0.0730. The van der Waals surface area contributed by atoms with Gasteiger partial charge in [0.15, 0.2) is 6.23 Å². The number of carboxylic acids is 1. The Bertz CT molecular complexity index is 1230. The van der Waals surface area contributed by atoms with Crippen molar-refractivity contribution in [1.82, 2.24) is 14.7 Å². The minimum Gasteiger partial charge on any atom is -0.481 e. The van der Waals surface area contributed by atoms with Crippen molar-refractivity contribution in [1.29, 1.82) is 0 Å². The number of rotatable bonds is 12. The fraction of sp³-hybridized carbons (Fsp3) is 0.370. The first kappa shape index (κ1) is 28.3. The summed E-state index contributed by atoms with van der Waals surface area (Å²) in [5.74, 6) is -1.71. The second-order valence-corrected chi connectivity index (χ2v) is 9.35. The van der Waals surface area contributed by atoms with E-state index in [4.69, 9.17) is 16.3 Å². The average Bonchev–Trinajstić information content (AvgIpc) is 3.31. The van der Waals surface area contributed by atoms with Crippen molar-refractivity contribution in [2.45, 2.75) is 51.0 Å². The number of carboxylic acid groups (broad SMARTS) is 1. The zero-order valence-corrected chi connectivity index (χ0v) is 21.9. The Morgan fingerprint density at radius 1 is 1.30 bits per heavy atom. The summed E-state index contributed by atoms with van der Waals surface area (Å²) in [7, 11) is 3.08. The van der Waals surface area contributed by atoms with E-state index >= 15 is 4.39 Å². The Labute approximate surface area is 220 Å². The fourth-order valence-corrected chi connectivity index (χ4v) is 4.72. The topological polar surface area (TPSA) is 105 Å². The predicted molar refractivity (Wildman–Crippen MR) is 136 cm³/mol. The van der Waals surface area contributed by atoms with Gasteiger partial charge < -0.3 is 19.8 Å². The van der Waals surface area contributed by atoms with E-state index in [9.17, 15) is 19.8 Å². The molecular weight excluding hydrogens is 501 g/mol.